The fourth-order valence-electron chi connectivity index (χ4n) is 2.40. The molecule has 2 rings (SSSR count). The van der Waals surface area contributed by atoms with E-state index in [9.17, 15) is 0 Å². The molecule has 0 bridgehead atoms. The molecule has 0 radical (unpaired) electrons. The molecule has 1 aromatic heterocycles. The molecule has 16 heavy (non-hydrogen) atoms. The van der Waals surface area contributed by atoms with Crippen LogP contribution in [0.5, 0.6) is 0 Å². The zero-order chi connectivity index (χ0) is 11.5. The van der Waals surface area contributed by atoms with E-state index in [0.29, 0.717) is 5.95 Å². The second-order valence-corrected chi connectivity index (χ2v) is 4.94. The van der Waals surface area contributed by atoms with E-state index in [0.717, 1.165) is 30.9 Å². The summed E-state index contributed by atoms with van der Waals surface area (Å²) in [6.45, 7) is 6.71. The molecule has 1 unspecified atom stereocenters. The molecule has 0 aliphatic carbocycles. The van der Waals surface area contributed by atoms with Gasteiger partial charge in [-0.15, -0.1) is 5.10 Å². The fraction of sp³-hybridized carbons (Fsp3) is 0.818. The molecule has 90 valence electrons. The summed E-state index contributed by atoms with van der Waals surface area (Å²) in [5.74, 6) is 2.76. The van der Waals surface area contributed by atoms with Crippen molar-refractivity contribution in [1.29, 1.82) is 0 Å². The molecule has 0 spiro atoms. The second kappa shape index (κ2) is 4.72. The summed E-state index contributed by atoms with van der Waals surface area (Å²) in [5.41, 5.74) is 5.54. The van der Waals surface area contributed by atoms with Crippen LogP contribution in [0.2, 0.25) is 0 Å². The molecule has 0 saturated carbocycles. The van der Waals surface area contributed by atoms with Gasteiger partial charge < -0.3 is 10.6 Å². The van der Waals surface area contributed by atoms with Gasteiger partial charge in [-0.3, -0.25) is 0 Å². The Balaban J connectivity index is 1.98. The lowest BCUT2D eigenvalue weighted by Crippen LogP contribution is -2.25. The first-order chi connectivity index (χ1) is 7.66. The third kappa shape index (κ3) is 2.46. The van der Waals surface area contributed by atoms with Gasteiger partial charge in [0.15, 0.2) is 0 Å². The number of nitrogens with zero attached hydrogens (tertiary/aromatic N) is 3. The maximum absolute atomic E-state index is 5.54. The van der Waals surface area contributed by atoms with Gasteiger partial charge in [0.2, 0.25) is 11.9 Å². The highest BCUT2D eigenvalue weighted by Crippen LogP contribution is 2.25. The average Bonchev–Trinajstić information content (AvgIpc) is 2.54. The highest BCUT2D eigenvalue weighted by Gasteiger charge is 2.21. The Bertz CT molecular complexity index is 333. The summed E-state index contributed by atoms with van der Waals surface area (Å²) >= 11 is 0. The van der Waals surface area contributed by atoms with Crippen LogP contribution < -0.4 is 10.6 Å². The lowest BCUT2D eigenvalue weighted by Gasteiger charge is -2.19. The van der Waals surface area contributed by atoms with Crippen LogP contribution in [0.4, 0.5) is 11.9 Å². The molecule has 1 aliphatic rings. The number of aromatic amines is 1. The van der Waals surface area contributed by atoms with Gasteiger partial charge in [0.05, 0.1) is 0 Å². The summed E-state index contributed by atoms with van der Waals surface area (Å²) in [6.07, 6.45) is 3.76. The predicted molar refractivity (Wildman–Crippen MR) is 65.2 cm³/mol. The number of rotatable bonds is 2. The Hall–Kier alpha value is -1.26. The molecular formula is C11H21N5. The molecule has 1 atom stereocenters. The molecule has 5 heteroatoms. The molecule has 1 aliphatic heterocycles. The van der Waals surface area contributed by atoms with E-state index in [1.165, 1.54) is 19.3 Å². The number of nitrogens with one attached hydrogen (secondary N) is 1. The maximum Gasteiger partial charge on any atom is 0.246 e. The smallest absolute Gasteiger partial charge is 0.246 e. The minimum Gasteiger partial charge on any atom is -0.368 e. The van der Waals surface area contributed by atoms with Crippen LogP contribution in [0.15, 0.2) is 0 Å². The third-order valence-electron chi connectivity index (χ3n) is 3.49. The lowest BCUT2D eigenvalue weighted by atomic mass is 9.89. The Kier molecular flexibility index (Phi) is 3.31. The number of hydrogen-bond donors (Lipinski definition) is 2. The molecule has 0 aromatic carbocycles. The topological polar surface area (TPSA) is 70.8 Å². The van der Waals surface area contributed by atoms with Crippen LogP contribution >= 0.6 is 0 Å². The Labute approximate surface area is 96.4 Å². The Morgan fingerprint density at radius 2 is 2.19 bits per heavy atom. The normalized spacial score (nSPS) is 22.4. The highest BCUT2D eigenvalue weighted by atomic mass is 15.4. The quantitative estimate of drug-likeness (QED) is 0.799. The van der Waals surface area contributed by atoms with Crippen LogP contribution in [0.25, 0.3) is 0 Å². The van der Waals surface area contributed by atoms with Crippen molar-refractivity contribution in [3.05, 3.63) is 0 Å². The first kappa shape index (κ1) is 11.2. The van der Waals surface area contributed by atoms with Crippen LogP contribution in [-0.4, -0.2) is 28.3 Å². The van der Waals surface area contributed by atoms with Crippen molar-refractivity contribution in [1.82, 2.24) is 15.2 Å². The van der Waals surface area contributed by atoms with E-state index in [2.05, 4.69) is 33.9 Å². The van der Waals surface area contributed by atoms with E-state index in [1.807, 2.05) is 0 Å². The van der Waals surface area contributed by atoms with Gasteiger partial charge in [-0.05, 0) is 31.1 Å². The minimum atomic E-state index is 0.402. The van der Waals surface area contributed by atoms with Gasteiger partial charge >= 0.3 is 0 Å². The van der Waals surface area contributed by atoms with Gasteiger partial charge in [-0.2, -0.15) is 4.98 Å². The second-order valence-electron chi connectivity index (χ2n) is 4.94. The summed E-state index contributed by atoms with van der Waals surface area (Å²) in [4.78, 5) is 6.41. The first-order valence-corrected chi connectivity index (χ1v) is 6.09. The van der Waals surface area contributed by atoms with E-state index >= 15 is 0 Å². The monoisotopic (exact) mass is 223 g/mol. The van der Waals surface area contributed by atoms with Gasteiger partial charge in [-0.25, -0.2) is 5.10 Å². The summed E-state index contributed by atoms with van der Waals surface area (Å²) < 4.78 is 0. The van der Waals surface area contributed by atoms with Crippen LogP contribution in [0.1, 0.15) is 33.1 Å². The van der Waals surface area contributed by atoms with Crippen molar-refractivity contribution >= 4 is 11.9 Å². The van der Waals surface area contributed by atoms with E-state index in [-0.39, 0.29) is 0 Å². The largest absolute Gasteiger partial charge is 0.368 e. The molecule has 0 amide bonds. The Morgan fingerprint density at radius 3 is 2.81 bits per heavy atom. The molecule has 5 nitrogen and oxygen atoms in total. The SMILES string of the molecule is CC(C)C1CCCN(c2n[nH]c(N)n2)CC1. The van der Waals surface area contributed by atoms with E-state index in [1.54, 1.807) is 0 Å². The fourth-order valence-corrected chi connectivity index (χ4v) is 2.40. The van der Waals surface area contributed by atoms with Crippen molar-refractivity contribution in [3.8, 4) is 0 Å². The number of nitrogen functional groups attached to an aromatic ring is 1. The molecule has 2 heterocycles. The predicted octanol–water partition coefficient (Wildman–Crippen LogP) is 1.65. The Morgan fingerprint density at radius 1 is 1.38 bits per heavy atom. The maximum atomic E-state index is 5.54. The van der Waals surface area contributed by atoms with Gasteiger partial charge in [0.1, 0.15) is 0 Å². The number of hydrogen-bond acceptors (Lipinski definition) is 4. The average molecular weight is 223 g/mol. The van der Waals surface area contributed by atoms with Crippen LogP contribution in [0.3, 0.4) is 0 Å². The lowest BCUT2D eigenvalue weighted by molar-refractivity contribution is 0.351. The van der Waals surface area contributed by atoms with Gasteiger partial charge in [-0.1, -0.05) is 13.8 Å². The van der Waals surface area contributed by atoms with Gasteiger partial charge in [0, 0.05) is 13.1 Å². The number of nitrogens with two attached hydrogens (primary N) is 1. The van der Waals surface area contributed by atoms with Crippen molar-refractivity contribution in [3.63, 3.8) is 0 Å². The minimum absolute atomic E-state index is 0.402. The number of aromatic nitrogens is 3. The molecule has 3 N–H and O–H groups in total. The standard InChI is InChI=1S/C11H21N5/c1-8(2)9-4-3-6-16(7-5-9)11-13-10(12)14-15-11/h8-9H,3-7H2,1-2H3,(H3,12,13,14,15). The highest BCUT2D eigenvalue weighted by molar-refractivity contribution is 5.33. The van der Waals surface area contributed by atoms with Crippen molar-refractivity contribution in [2.75, 3.05) is 23.7 Å². The molecule has 1 fully saturated rings. The summed E-state index contributed by atoms with van der Waals surface area (Å²) in [7, 11) is 0. The van der Waals surface area contributed by atoms with E-state index < -0.39 is 0 Å². The van der Waals surface area contributed by atoms with E-state index in [4.69, 9.17) is 5.73 Å². The van der Waals surface area contributed by atoms with Crippen LogP contribution in [-0.2, 0) is 0 Å². The summed E-state index contributed by atoms with van der Waals surface area (Å²) in [5, 5.41) is 6.81. The summed E-state index contributed by atoms with van der Waals surface area (Å²) in [6, 6.07) is 0. The van der Waals surface area contributed by atoms with Crippen molar-refractivity contribution in [2.24, 2.45) is 11.8 Å². The number of anilines is 2. The number of H-pyrrole nitrogens is 1. The van der Waals surface area contributed by atoms with Crippen molar-refractivity contribution in [2.45, 2.75) is 33.1 Å². The first-order valence-electron chi connectivity index (χ1n) is 6.09. The molecule has 1 aromatic rings. The van der Waals surface area contributed by atoms with Crippen molar-refractivity contribution < 1.29 is 0 Å². The van der Waals surface area contributed by atoms with Gasteiger partial charge in [0.25, 0.3) is 0 Å². The third-order valence-corrected chi connectivity index (χ3v) is 3.49. The molecular weight excluding hydrogens is 202 g/mol. The van der Waals surface area contributed by atoms with Crippen LogP contribution in [0, 0.1) is 11.8 Å². The zero-order valence-electron chi connectivity index (χ0n) is 10.1. The molecule has 1 saturated heterocycles. The zero-order valence-corrected chi connectivity index (χ0v) is 10.1.